The number of benzene rings is 3. The molecule has 14 heteroatoms. The van der Waals surface area contributed by atoms with Gasteiger partial charge in [0.05, 0.1) is 59.5 Å². The number of nitrogens with one attached hydrogen (secondary N) is 2. The van der Waals surface area contributed by atoms with Crippen LogP contribution in [0, 0.1) is 11.3 Å². The molecule has 7 rings (SSSR count). The summed E-state index contributed by atoms with van der Waals surface area (Å²) in [5.74, 6) is 0.676. The van der Waals surface area contributed by atoms with Gasteiger partial charge in [0.2, 0.25) is 11.8 Å². The van der Waals surface area contributed by atoms with Gasteiger partial charge in [-0.3, -0.25) is 19.3 Å². The molecule has 0 radical (unpaired) electrons. The number of nitriles is 1. The van der Waals surface area contributed by atoms with Gasteiger partial charge in [-0.2, -0.15) is 5.26 Å². The van der Waals surface area contributed by atoms with Gasteiger partial charge >= 0.3 is 0 Å². The molecular formula is C37H38N8O5S. The predicted octanol–water partition coefficient (Wildman–Crippen LogP) is 2.98. The van der Waals surface area contributed by atoms with Crippen LogP contribution in [0.4, 0.5) is 5.69 Å². The largest absolute Gasteiger partial charge is 0.378 e. The van der Waals surface area contributed by atoms with E-state index in [1.165, 1.54) is 12.3 Å². The Morgan fingerprint density at radius 1 is 1.04 bits per heavy atom. The molecule has 4 heterocycles. The van der Waals surface area contributed by atoms with Crippen molar-refractivity contribution in [2.24, 2.45) is 7.05 Å². The number of aromatic nitrogens is 3. The van der Waals surface area contributed by atoms with Crippen LogP contribution in [0.3, 0.4) is 0 Å². The number of para-hydroxylation sites is 1. The highest BCUT2D eigenvalue weighted by Crippen LogP contribution is 2.28. The van der Waals surface area contributed by atoms with E-state index in [0.717, 1.165) is 16.9 Å². The number of carbonyl (C=O) groups excluding carboxylic acids is 2. The van der Waals surface area contributed by atoms with E-state index in [0.29, 0.717) is 80.1 Å². The van der Waals surface area contributed by atoms with Crippen molar-refractivity contribution in [3.63, 3.8) is 0 Å². The van der Waals surface area contributed by atoms with Crippen LogP contribution < -0.4 is 10.0 Å². The van der Waals surface area contributed by atoms with Crippen LogP contribution in [0.1, 0.15) is 28.9 Å². The molecule has 3 aromatic carbocycles. The van der Waals surface area contributed by atoms with E-state index in [-0.39, 0.29) is 41.1 Å². The summed E-state index contributed by atoms with van der Waals surface area (Å²) in [6.45, 7) is 3.76. The first-order chi connectivity index (χ1) is 24.7. The number of nitrogens with zero attached hydrogens (tertiary/aromatic N) is 6. The number of piperazine rings is 1. The standard InChI is InChI=1S/C37H38N8O5S/c1-43-32-10-9-28(21-31(32)41-34(43)19-25-5-7-26(23-38)8-6-25)42-51(48,49)33-4-2-3-30-27(11-12-40-37(30)33)20-36(47)45-14-13-39-24-29(45)22-35(46)44-15-17-50-18-16-44/h2-12,21,29,39,42H,13-20,22,24H2,1H3. The Balaban J connectivity index is 1.09. The van der Waals surface area contributed by atoms with Crippen molar-refractivity contribution in [2.45, 2.75) is 30.2 Å². The molecule has 2 saturated heterocycles. The maximum Gasteiger partial charge on any atom is 0.264 e. The molecule has 5 aromatic rings. The van der Waals surface area contributed by atoms with Crippen molar-refractivity contribution in [3.05, 3.63) is 95.4 Å². The number of rotatable bonds is 9. The zero-order valence-corrected chi connectivity index (χ0v) is 29.0. The molecule has 2 aliphatic heterocycles. The van der Waals surface area contributed by atoms with Gasteiger partial charge in [-0.1, -0.05) is 24.3 Å². The Morgan fingerprint density at radius 2 is 1.84 bits per heavy atom. The second kappa shape index (κ2) is 14.5. The Bertz CT molecular complexity index is 2260. The maximum atomic E-state index is 13.8. The second-order valence-corrected chi connectivity index (χ2v) is 14.5. The third kappa shape index (κ3) is 7.27. The third-order valence-electron chi connectivity index (χ3n) is 9.57. The molecule has 2 N–H and O–H groups in total. The highest BCUT2D eigenvalue weighted by molar-refractivity contribution is 7.93. The Kier molecular flexibility index (Phi) is 9.68. The number of hydrogen-bond donors (Lipinski definition) is 2. The van der Waals surface area contributed by atoms with E-state index in [4.69, 9.17) is 15.0 Å². The highest BCUT2D eigenvalue weighted by Gasteiger charge is 2.31. The molecular weight excluding hydrogens is 669 g/mol. The number of fused-ring (bicyclic) bond motifs is 2. The summed E-state index contributed by atoms with van der Waals surface area (Å²) in [7, 11) is -2.18. The summed E-state index contributed by atoms with van der Waals surface area (Å²) in [5, 5.41) is 13.0. The minimum atomic E-state index is -4.09. The molecule has 2 fully saturated rings. The predicted molar refractivity (Wildman–Crippen MR) is 191 cm³/mol. The fraction of sp³-hybridized carbons (Fsp3) is 0.324. The van der Waals surface area contributed by atoms with Gasteiger partial charge < -0.3 is 24.4 Å². The van der Waals surface area contributed by atoms with Gasteiger partial charge in [0.1, 0.15) is 10.7 Å². The topological polar surface area (TPSA) is 163 Å². The number of anilines is 1. The summed E-state index contributed by atoms with van der Waals surface area (Å²) in [5.41, 5.74) is 4.34. The zero-order valence-electron chi connectivity index (χ0n) is 28.2. The van der Waals surface area contributed by atoms with Crippen molar-refractivity contribution >= 4 is 49.5 Å². The minimum Gasteiger partial charge on any atom is -0.378 e. The van der Waals surface area contributed by atoms with Crippen molar-refractivity contribution in [2.75, 3.05) is 50.7 Å². The molecule has 0 spiro atoms. The van der Waals surface area contributed by atoms with Crippen LogP contribution in [0.2, 0.25) is 0 Å². The van der Waals surface area contributed by atoms with E-state index in [9.17, 15) is 18.0 Å². The van der Waals surface area contributed by atoms with Crippen LogP contribution in [-0.2, 0) is 44.2 Å². The molecule has 2 amide bonds. The number of sulfonamides is 1. The van der Waals surface area contributed by atoms with E-state index >= 15 is 0 Å². The summed E-state index contributed by atoms with van der Waals surface area (Å²) in [6.07, 6.45) is 2.34. The van der Waals surface area contributed by atoms with E-state index in [1.807, 2.05) is 29.8 Å². The maximum absolute atomic E-state index is 13.8. The lowest BCUT2D eigenvalue weighted by molar-refractivity contribution is -0.140. The molecule has 2 aliphatic rings. The van der Waals surface area contributed by atoms with E-state index in [1.54, 1.807) is 52.3 Å². The lowest BCUT2D eigenvalue weighted by Crippen LogP contribution is -2.56. The average Bonchev–Trinajstić information content (AvgIpc) is 3.45. The first kappa shape index (κ1) is 34.1. The van der Waals surface area contributed by atoms with Crippen molar-refractivity contribution < 1.29 is 22.7 Å². The Hall–Kier alpha value is -5.36. The van der Waals surface area contributed by atoms with Crippen molar-refractivity contribution in [1.29, 1.82) is 5.26 Å². The lowest BCUT2D eigenvalue weighted by atomic mass is 10.0. The first-order valence-electron chi connectivity index (χ1n) is 16.9. The number of imidazole rings is 1. The average molecular weight is 707 g/mol. The smallest absolute Gasteiger partial charge is 0.264 e. The SMILES string of the molecule is Cn1c(Cc2ccc(C#N)cc2)nc2cc(NS(=O)(=O)c3cccc4c(CC(=O)N5CCNCC5CC(=O)N5CCOCC5)ccnc34)ccc21. The summed E-state index contributed by atoms with van der Waals surface area (Å²) >= 11 is 0. The highest BCUT2D eigenvalue weighted by atomic mass is 32.2. The second-order valence-electron chi connectivity index (χ2n) is 12.8. The monoisotopic (exact) mass is 706 g/mol. The van der Waals surface area contributed by atoms with Crippen molar-refractivity contribution in [3.8, 4) is 6.07 Å². The van der Waals surface area contributed by atoms with Gasteiger partial charge in [-0.15, -0.1) is 0 Å². The van der Waals surface area contributed by atoms with Crippen LogP contribution in [0.15, 0.2) is 77.8 Å². The van der Waals surface area contributed by atoms with Gasteiger partial charge in [0.15, 0.2) is 0 Å². The summed E-state index contributed by atoms with van der Waals surface area (Å²) in [4.78, 5) is 39.5. The van der Waals surface area contributed by atoms with Crippen LogP contribution in [-0.4, -0.2) is 96.5 Å². The normalized spacial score (nSPS) is 16.7. The van der Waals surface area contributed by atoms with Crippen LogP contribution in [0.25, 0.3) is 21.9 Å². The molecule has 0 saturated carbocycles. The number of carbonyl (C=O) groups is 2. The van der Waals surface area contributed by atoms with E-state index in [2.05, 4.69) is 21.1 Å². The number of pyridine rings is 1. The summed E-state index contributed by atoms with van der Waals surface area (Å²) in [6, 6.07) is 21.1. The molecule has 1 unspecified atom stereocenters. The van der Waals surface area contributed by atoms with Gasteiger partial charge in [-0.25, -0.2) is 13.4 Å². The molecule has 0 bridgehead atoms. The van der Waals surface area contributed by atoms with Gasteiger partial charge in [0.25, 0.3) is 10.0 Å². The first-order valence-corrected chi connectivity index (χ1v) is 18.4. The Morgan fingerprint density at radius 3 is 2.63 bits per heavy atom. The van der Waals surface area contributed by atoms with Crippen molar-refractivity contribution in [1.82, 2.24) is 29.7 Å². The number of aryl methyl sites for hydroxylation is 1. The molecule has 0 aliphatic carbocycles. The Labute approximate surface area is 295 Å². The third-order valence-corrected chi connectivity index (χ3v) is 11.0. The fourth-order valence-electron chi connectivity index (χ4n) is 6.82. The van der Waals surface area contributed by atoms with Crippen LogP contribution >= 0.6 is 0 Å². The zero-order chi connectivity index (χ0) is 35.5. The minimum absolute atomic E-state index is 0.00641. The quantitative estimate of drug-likeness (QED) is 0.235. The molecule has 262 valence electrons. The number of morpholine rings is 1. The number of hydrogen-bond acceptors (Lipinski definition) is 9. The van der Waals surface area contributed by atoms with Crippen LogP contribution in [0.5, 0.6) is 0 Å². The number of amides is 2. The molecule has 1 atom stereocenters. The number of ether oxygens (including phenoxy) is 1. The van der Waals surface area contributed by atoms with Gasteiger partial charge in [-0.05, 0) is 53.6 Å². The molecule has 13 nitrogen and oxygen atoms in total. The molecule has 51 heavy (non-hydrogen) atoms. The molecule has 2 aromatic heterocycles. The van der Waals surface area contributed by atoms with E-state index < -0.39 is 10.0 Å². The van der Waals surface area contributed by atoms with Gasteiger partial charge in [0, 0.05) is 64.2 Å². The lowest BCUT2D eigenvalue weighted by Gasteiger charge is -2.37. The summed E-state index contributed by atoms with van der Waals surface area (Å²) < 4.78 is 37.7. The fourth-order valence-corrected chi connectivity index (χ4v) is 8.04.